The number of carbonyl (C=O) groups is 1. The van der Waals surface area contributed by atoms with Crippen LogP contribution in [0.15, 0.2) is 29.2 Å². The molecule has 1 N–H and O–H groups in total. The summed E-state index contributed by atoms with van der Waals surface area (Å²) >= 11 is 1.44. The number of thioether (sulfide) groups is 1. The van der Waals surface area contributed by atoms with E-state index in [1.54, 1.807) is 28.6 Å². The molecule has 0 atom stereocenters. The van der Waals surface area contributed by atoms with E-state index in [1.165, 1.54) is 11.8 Å². The maximum Gasteiger partial charge on any atom is 0.243 e. The van der Waals surface area contributed by atoms with Crippen LogP contribution in [0.3, 0.4) is 0 Å². The lowest BCUT2D eigenvalue weighted by molar-refractivity contribution is -0.113. The van der Waals surface area contributed by atoms with Gasteiger partial charge in [0.2, 0.25) is 15.9 Å². The smallest absolute Gasteiger partial charge is 0.243 e. The van der Waals surface area contributed by atoms with Crippen molar-refractivity contribution in [3.8, 4) is 0 Å². The van der Waals surface area contributed by atoms with Crippen molar-refractivity contribution in [2.75, 3.05) is 30.4 Å². The van der Waals surface area contributed by atoms with E-state index in [9.17, 15) is 13.2 Å². The zero-order valence-corrected chi connectivity index (χ0v) is 14.5. The van der Waals surface area contributed by atoms with Crippen molar-refractivity contribution in [2.24, 2.45) is 5.92 Å². The molecule has 1 aromatic carbocycles. The van der Waals surface area contributed by atoms with Gasteiger partial charge >= 0.3 is 0 Å². The lowest BCUT2D eigenvalue weighted by atomic mass is 10.0. The molecule has 1 fully saturated rings. The summed E-state index contributed by atoms with van der Waals surface area (Å²) in [6.07, 6.45) is 3.67. The van der Waals surface area contributed by atoms with Gasteiger partial charge in [0.15, 0.2) is 0 Å². The molecule has 0 spiro atoms. The Kier molecular flexibility index (Phi) is 5.88. The first kappa shape index (κ1) is 17.3. The van der Waals surface area contributed by atoms with Gasteiger partial charge in [-0.2, -0.15) is 16.1 Å². The van der Waals surface area contributed by atoms with Crippen molar-refractivity contribution in [1.29, 1.82) is 0 Å². The fourth-order valence-electron chi connectivity index (χ4n) is 2.41. The van der Waals surface area contributed by atoms with Crippen LogP contribution in [0.25, 0.3) is 0 Å². The van der Waals surface area contributed by atoms with Gasteiger partial charge in [-0.25, -0.2) is 8.42 Å². The molecule has 1 aromatic rings. The van der Waals surface area contributed by atoms with E-state index in [1.807, 2.05) is 6.26 Å². The van der Waals surface area contributed by atoms with Crippen molar-refractivity contribution < 1.29 is 13.2 Å². The third-order valence-corrected chi connectivity index (χ3v) is 6.26. The van der Waals surface area contributed by atoms with Gasteiger partial charge in [-0.05, 0) is 49.3 Å². The largest absolute Gasteiger partial charge is 0.325 e. The van der Waals surface area contributed by atoms with Gasteiger partial charge in [-0.15, -0.1) is 0 Å². The highest BCUT2D eigenvalue weighted by molar-refractivity contribution is 7.99. The number of anilines is 1. The second-order valence-corrected chi connectivity index (χ2v) is 8.40. The Balaban J connectivity index is 2.07. The standard InChI is InChI=1S/C15H22N2O3S2/c1-12-7-9-17(10-8-12)22(19,20)14-5-3-13(4-6-14)16-15(18)11-21-2/h3-6,12H,7-11H2,1-2H3,(H,16,18). The summed E-state index contributed by atoms with van der Waals surface area (Å²) in [4.78, 5) is 11.8. The summed E-state index contributed by atoms with van der Waals surface area (Å²) in [6.45, 7) is 3.31. The van der Waals surface area contributed by atoms with E-state index in [-0.39, 0.29) is 10.8 Å². The minimum atomic E-state index is -3.42. The van der Waals surface area contributed by atoms with Crippen LogP contribution >= 0.6 is 11.8 Å². The molecule has 1 amide bonds. The van der Waals surface area contributed by atoms with E-state index in [0.717, 1.165) is 12.8 Å². The fraction of sp³-hybridized carbons (Fsp3) is 0.533. The molecule has 0 bridgehead atoms. The summed E-state index contributed by atoms with van der Waals surface area (Å²) in [5.74, 6) is 0.875. The number of nitrogens with zero attached hydrogens (tertiary/aromatic N) is 1. The Labute approximate surface area is 136 Å². The lowest BCUT2D eigenvalue weighted by Crippen LogP contribution is -2.37. The molecule has 0 aromatic heterocycles. The van der Waals surface area contributed by atoms with Crippen LogP contribution < -0.4 is 5.32 Å². The third-order valence-electron chi connectivity index (χ3n) is 3.79. The number of sulfonamides is 1. The Bertz CT molecular complexity index is 606. The van der Waals surface area contributed by atoms with Crippen molar-refractivity contribution in [2.45, 2.75) is 24.7 Å². The number of carbonyl (C=O) groups excluding carboxylic acids is 1. The van der Waals surface area contributed by atoms with Crippen LogP contribution in [0, 0.1) is 5.92 Å². The highest BCUT2D eigenvalue weighted by Gasteiger charge is 2.27. The summed E-state index contributed by atoms with van der Waals surface area (Å²) in [5.41, 5.74) is 0.616. The summed E-state index contributed by atoms with van der Waals surface area (Å²) in [7, 11) is -3.42. The molecule has 2 rings (SSSR count). The monoisotopic (exact) mass is 342 g/mol. The lowest BCUT2D eigenvalue weighted by Gasteiger charge is -2.29. The van der Waals surface area contributed by atoms with Crippen LogP contribution in [0.5, 0.6) is 0 Å². The number of benzene rings is 1. The molecule has 0 radical (unpaired) electrons. The number of hydrogen-bond acceptors (Lipinski definition) is 4. The number of amides is 1. The predicted octanol–water partition coefficient (Wildman–Crippen LogP) is 2.41. The first-order chi connectivity index (χ1) is 10.4. The molecule has 0 aliphatic carbocycles. The predicted molar refractivity (Wildman–Crippen MR) is 90.6 cm³/mol. The molecule has 122 valence electrons. The van der Waals surface area contributed by atoms with Gasteiger partial charge < -0.3 is 5.32 Å². The van der Waals surface area contributed by atoms with Gasteiger partial charge in [-0.1, -0.05) is 6.92 Å². The number of rotatable bonds is 5. The highest BCUT2D eigenvalue weighted by Crippen LogP contribution is 2.24. The fourth-order valence-corrected chi connectivity index (χ4v) is 4.22. The minimum Gasteiger partial charge on any atom is -0.325 e. The van der Waals surface area contributed by atoms with Gasteiger partial charge in [0.25, 0.3) is 0 Å². The van der Waals surface area contributed by atoms with Crippen LogP contribution in [-0.4, -0.2) is 43.7 Å². The molecule has 1 aliphatic rings. The SMILES string of the molecule is CSCC(=O)Nc1ccc(S(=O)(=O)N2CCC(C)CC2)cc1. The number of piperidine rings is 1. The minimum absolute atomic E-state index is 0.0897. The zero-order valence-electron chi connectivity index (χ0n) is 12.9. The summed E-state index contributed by atoms with van der Waals surface area (Å²) in [5, 5.41) is 2.74. The molecule has 5 nitrogen and oxygen atoms in total. The Morgan fingerprint density at radius 2 is 1.86 bits per heavy atom. The Morgan fingerprint density at radius 3 is 2.41 bits per heavy atom. The van der Waals surface area contributed by atoms with Gasteiger partial charge in [-0.3, -0.25) is 4.79 Å². The molecule has 0 unspecified atom stereocenters. The van der Waals surface area contributed by atoms with Crippen LogP contribution in [0.4, 0.5) is 5.69 Å². The normalized spacial score (nSPS) is 17.4. The van der Waals surface area contributed by atoms with E-state index >= 15 is 0 Å². The van der Waals surface area contributed by atoms with Crippen molar-refractivity contribution in [1.82, 2.24) is 4.31 Å². The third kappa shape index (κ3) is 4.24. The second kappa shape index (κ2) is 7.48. The average molecular weight is 342 g/mol. The van der Waals surface area contributed by atoms with Crippen molar-refractivity contribution >= 4 is 33.4 Å². The van der Waals surface area contributed by atoms with Gasteiger partial charge in [0, 0.05) is 18.8 Å². The van der Waals surface area contributed by atoms with Crippen molar-refractivity contribution in [3.05, 3.63) is 24.3 Å². The van der Waals surface area contributed by atoms with E-state index < -0.39 is 10.0 Å². The Morgan fingerprint density at radius 1 is 1.27 bits per heavy atom. The average Bonchev–Trinajstić information content (AvgIpc) is 2.48. The van der Waals surface area contributed by atoms with Gasteiger partial charge in [0.05, 0.1) is 10.6 Å². The highest BCUT2D eigenvalue weighted by atomic mass is 32.2. The molecular formula is C15H22N2O3S2. The molecule has 1 aliphatic heterocycles. The number of hydrogen-bond donors (Lipinski definition) is 1. The van der Waals surface area contributed by atoms with Gasteiger partial charge in [0.1, 0.15) is 0 Å². The summed E-state index contributed by atoms with van der Waals surface area (Å²) in [6, 6.07) is 6.39. The Hall–Kier alpha value is -1.05. The van der Waals surface area contributed by atoms with E-state index in [4.69, 9.17) is 0 Å². The summed E-state index contributed by atoms with van der Waals surface area (Å²) < 4.78 is 26.7. The van der Waals surface area contributed by atoms with E-state index in [0.29, 0.717) is 30.4 Å². The molecule has 7 heteroatoms. The topological polar surface area (TPSA) is 66.5 Å². The van der Waals surface area contributed by atoms with Crippen LogP contribution in [0.1, 0.15) is 19.8 Å². The first-order valence-corrected chi connectivity index (χ1v) is 10.2. The maximum absolute atomic E-state index is 12.6. The zero-order chi connectivity index (χ0) is 16.2. The number of nitrogens with one attached hydrogen (secondary N) is 1. The van der Waals surface area contributed by atoms with Crippen LogP contribution in [-0.2, 0) is 14.8 Å². The quantitative estimate of drug-likeness (QED) is 0.892. The molecular weight excluding hydrogens is 320 g/mol. The molecule has 0 saturated carbocycles. The first-order valence-electron chi connectivity index (χ1n) is 7.32. The second-order valence-electron chi connectivity index (χ2n) is 5.59. The maximum atomic E-state index is 12.6. The van der Waals surface area contributed by atoms with E-state index in [2.05, 4.69) is 12.2 Å². The van der Waals surface area contributed by atoms with Crippen LogP contribution in [0.2, 0.25) is 0 Å². The molecule has 22 heavy (non-hydrogen) atoms. The molecule has 1 heterocycles. The van der Waals surface area contributed by atoms with Crippen molar-refractivity contribution in [3.63, 3.8) is 0 Å². The molecule has 1 saturated heterocycles.